The minimum atomic E-state index is -0.367. The number of aromatic nitrogens is 2. The number of hydrogen-bond donors (Lipinski definition) is 1. The summed E-state index contributed by atoms with van der Waals surface area (Å²) in [5, 5.41) is 2.24. The summed E-state index contributed by atoms with van der Waals surface area (Å²) < 4.78 is 5.04. The molecule has 21 heavy (non-hydrogen) atoms. The number of ether oxygens (including phenoxy) is 1. The molecule has 0 aliphatic heterocycles. The Balaban J connectivity index is 2.12. The lowest BCUT2D eigenvalue weighted by Crippen LogP contribution is -2.06. The van der Waals surface area contributed by atoms with E-state index in [2.05, 4.69) is 22.1 Å². The van der Waals surface area contributed by atoms with Crippen LogP contribution in [0.15, 0.2) is 42.5 Å². The molecule has 1 heterocycles. The van der Waals surface area contributed by atoms with E-state index in [0.717, 1.165) is 16.3 Å². The Kier molecular flexibility index (Phi) is 3.44. The van der Waals surface area contributed by atoms with Crippen LogP contribution >= 0.6 is 0 Å². The summed E-state index contributed by atoms with van der Waals surface area (Å²) in [6.45, 7) is 3.94. The summed E-state index contributed by atoms with van der Waals surface area (Å²) in [6.07, 6.45) is 0. The van der Waals surface area contributed by atoms with Crippen LogP contribution in [0.25, 0.3) is 22.2 Å². The molecule has 4 nitrogen and oxygen atoms in total. The van der Waals surface area contributed by atoms with Gasteiger partial charge in [0, 0.05) is 5.56 Å². The first-order valence-electron chi connectivity index (χ1n) is 6.92. The molecule has 0 fully saturated rings. The second-order valence-electron chi connectivity index (χ2n) is 4.79. The predicted molar refractivity (Wildman–Crippen MR) is 82.2 cm³/mol. The largest absolute Gasteiger partial charge is 0.461 e. The van der Waals surface area contributed by atoms with E-state index >= 15 is 0 Å². The monoisotopic (exact) mass is 280 g/mol. The number of nitrogens with zero attached hydrogens (tertiary/aromatic N) is 1. The highest BCUT2D eigenvalue weighted by molar-refractivity contribution is 5.96. The zero-order valence-corrected chi connectivity index (χ0v) is 12.0. The fourth-order valence-electron chi connectivity index (χ4n) is 2.42. The van der Waals surface area contributed by atoms with Gasteiger partial charge in [-0.15, -0.1) is 0 Å². The van der Waals surface area contributed by atoms with Gasteiger partial charge in [0.25, 0.3) is 0 Å². The highest BCUT2D eigenvalue weighted by atomic mass is 16.5. The number of aryl methyl sites for hydroxylation is 1. The molecule has 0 saturated heterocycles. The molecular formula is C17H16N2O2. The number of hydrogen-bond acceptors (Lipinski definition) is 3. The number of fused-ring (bicyclic) bond motifs is 1. The fraction of sp³-hybridized carbons (Fsp3) is 0.176. The highest BCUT2D eigenvalue weighted by Crippen LogP contribution is 2.27. The van der Waals surface area contributed by atoms with Crippen molar-refractivity contribution in [2.24, 2.45) is 0 Å². The van der Waals surface area contributed by atoms with Gasteiger partial charge in [0.2, 0.25) is 0 Å². The van der Waals surface area contributed by atoms with Gasteiger partial charge in [-0.3, -0.25) is 0 Å². The quantitative estimate of drug-likeness (QED) is 0.744. The number of imidazole rings is 1. The zero-order valence-electron chi connectivity index (χ0n) is 12.0. The van der Waals surface area contributed by atoms with Gasteiger partial charge >= 0.3 is 5.97 Å². The topological polar surface area (TPSA) is 55.0 Å². The summed E-state index contributed by atoms with van der Waals surface area (Å²) in [5.41, 5.74) is 2.04. The Hall–Kier alpha value is -2.62. The molecule has 1 aromatic heterocycles. The number of benzene rings is 2. The maximum atomic E-state index is 11.9. The Morgan fingerprint density at radius 2 is 1.95 bits per heavy atom. The second kappa shape index (κ2) is 5.40. The minimum absolute atomic E-state index is 0.348. The molecule has 0 saturated carbocycles. The summed E-state index contributed by atoms with van der Waals surface area (Å²) in [7, 11) is 0. The van der Waals surface area contributed by atoms with E-state index in [0.29, 0.717) is 23.8 Å². The zero-order chi connectivity index (χ0) is 14.8. The third-order valence-corrected chi connectivity index (χ3v) is 3.41. The predicted octanol–water partition coefficient (Wildman–Crippen LogP) is 3.72. The number of esters is 1. The summed E-state index contributed by atoms with van der Waals surface area (Å²) in [5.74, 6) is 0.321. The van der Waals surface area contributed by atoms with E-state index in [4.69, 9.17) is 4.74 Å². The number of carbonyl (C=O) groups is 1. The van der Waals surface area contributed by atoms with Gasteiger partial charge in [0.1, 0.15) is 11.5 Å². The SMILES string of the molecule is CCOC(=O)c1[nH]c(-c2cccc3ccccc23)nc1C. The van der Waals surface area contributed by atoms with Crippen molar-refractivity contribution in [3.8, 4) is 11.4 Å². The lowest BCUT2D eigenvalue weighted by atomic mass is 10.0. The lowest BCUT2D eigenvalue weighted by molar-refractivity contribution is 0.0519. The highest BCUT2D eigenvalue weighted by Gasteiger charge is 2.17. The van der Waals surface area contributed by atoms with E-state index in [-0.39, 0.29) is 5.97 Å². The van der Waals surface area contributed by atoms with E-state index < -0.39 is 0 Å². The molecule has 0 unspecified atom stereocenters. The second-order valence-corrected chi connectivity index (χ2v) is 4.79. The molecule has 106 valence electrons. The normalized spacial score (nSPS) is 10.8. The number of H-pyrrole nitrogens is 1. The van der Waals surface area contributed by atoms with Crippen LogP contribution in [0.4, 0.5) is 0 Å². The van der Waals surface area contributed by atoms with Crippen molar-refractivity contribution < 1.29 is 9.53 Å². The standard InChI is InChI=1S/C17H16N2O2/c1-3-21-17(20)15-11(2)18-16(19-15)14-10-6-8-12-7-4-5-9-13(12)14/h4-10H,3H2,1-2H3,(H,18,19). The smallest absolute Gasteiger partial charge is 0.356 e. The third kappa shape index (κ3) is 2.40. The van der Waals surface area contributed by atoms with Gasteiger partial charge in [-0.2, -0.15) is 0 Å². The van der Waals surface area contributed by atoms with Crippen molar-refractivity contribution in [1.82, 2.24) is 9.97 Å². The van der Waals surface area contributed by atoms with Gasteiger partial charge in [0.15, 0.2) is 0 Å². The first-order chi connectivity index (χ1) is 10.2. The molecule has 0 bridgehead atoms. The number of aromatic amines is 1. The maximum absolute atomic E-state index is 11.9. The molecule has 0 spiro atoms. The van der Waals surface area contributed by atoms with Crippen LogP contribution < -0.4 is 0 Å². The molecule has 0 aliphatic carbocycles. The van der Waals surface area contributed by atoms with Crippen LogP contribution in [0.2, 0.25) is 0 Å². The van der Waals surface area contributed by atoms with Crippen molar-refractivity contribution in [3.05, 3.63) is 53.9 Å². The average molecular weight is 280 g/mol. The lowest BCUT2D eigenvalue weighted by Gasteiger charge is -2.03. The van der Waals surface area contributed by atoms with Crippen LogP contribution in [-0.4, -0.2) is 22.5 Å². The summed E-state index contributed by atoms with van der Waals surface area (Å²) >= 11 is 0. The number of nitrogens with one attached hydrogen (secondary N) is 1. The minimum Gasteiger partial charge on any atom is -0.461 e. The van der Waals surface area contributed by atoms with Gasteiger partial charge < -0.3 is 9.72 Å². The van der Waals surface area contributed by atoms with Crippen molar-refractivity contribution >= 4 is 16.7 Å². The summed E-state index contributed by atoms with van der Waals surface area (Å²) in [6, 6.07) is 14.1. The van der Waals surface area contributed by atoms with Gasteiger partial charge in [-0.1, -0.05) is 42.5 Å². The van der Waals surface area contributed by atoms with Gasteiger partial charge in [0.05, 0.1) is 12.3 Å². The first kappa shape index (κ1) is 13.4. The Morgan fingerprint density at radius 1 is 1.19 bits per heavy atom. The van der Waals surface area contributed by atoms with E-state index in [1.807, 2.05) is 30.3 Å². The molecule has 3 aromatic rings. The van der Waals surface area contributed by atoms with Crippen molar-refractivity contribution in [1.29, 1.82) is 0 Å². The van der Waals surface area contributed by atoms with Crippen LogP contribution in [0.3, 0.4) is 0 Å². The molecule has 0 atom stereocenters. The molecular weight excluding hydrogens is 264 g/mol. The van der Waals surface area contributed by atoms with Crippen molar-refractivity contribution in [2.45, 2.75) is 13.8 Å². The molecule has 4 heteroatoms. The summed E-state index contributed by atoms with van der Waals surface area (Å²) in [4.78, 5) is 19.4. The molecule has 0 amide bonds. The molecule has 2 aromatic carbocycles. The van der Waals surface area contributed by atoms with Crippen LogP contribution in [0, 0.1) is 6.92 Å². The van der Waals surface area contributed by atoms with Gasteiger partial charge in [-0.05, 0) is 24.6 Å². The molecule has 0 aliphatic rings. The Morgan fingerprint density at radius 3 is 2.76 bits per heavy atom. The Bertz CT molecular complexity index is 800. The van der Waals surface area contributed by atoms with E-state index in [1.165, 1.54) is 0 Å². The van der Waals surface area contributed by atoms with E-state index in [9.17, 15) is 4.79 Å². The van der Waals surface area contributed by atoms with Gasteiger partial charge in [-0.25, -0.2) is 9.78 Å². The molecule has 3 rings (SSSR count). The Labute approximate surface area is 122 Å². The van der Waals surface area contributed by atoms with E-state index in [1.54, 1.807) is 13.8 Å². The number of carbonyl (C=O) groups excluding carboxylic acids is 1. The molecule has 1 N–H and O–H groups in total. The van der Waals surface area contributed by atoms with Crippen LogP contribution in [-0.2, 0) is 4.74 Å². The van der Waals surface area contributed by atoms with Crippen molar-refractivity contribution in [3.63, 3.8) is 0 Å². The fourth-order valence-corrected chi connectivity index (χ4v) is 2.42. The van der Waals surface area contributed by atoms with Crippen LogP contribution in [0.5, 0.6) is 0 Å². The molecule has 0 radical (unpaired) electrons. The third-order valence-electron chi connectivity index (χ3n) is 3.41. The number of rotatable bonds is 3. The van der Waals surface area contributed by atoms with Crippen molar-refractivity contribution in [2.75, 3.05) is 6.61 Å². The average Bonchev–Trinajstić information content (AvgIpc) is 2.89. The van der Waals surface area contributed by atoms with Crippen LogP contribution in [0.1, 0.15) is 23.1 Å². The first-order valence-corrected chi connectivity index (χ1v) is 6.92. The maximum Gasteiger partial charge on any atom is 0.356 e.